The molecule has 0 spiro atoms. The monoisotopic (exact) mass is 392 g/mol. The van der Waals surface area contributed by atoms with Crippen LogP contribution in [-0.4, -0.2) is 27.5 Å². The number of nitrogens with two attached hydrogens (primary N) is 1. The largest absolute Gasteiger partial charge is 0.488 e. The predicted molar refractivity (Wildman–Crippen MR) is 99.5 cm³/mol. The van der Waals surface area contributed by atoms with E-state index in [0.29, 0.717) is 29.3 Å². The maximum atomic E-state index is 12.3. The normalized spacial score (nSPS) is 13.4. The molecule has 3 rings (SSSR count). The van der Waals surface area contributed by atoms with Crippen molar-refractivity contribution in [1.29, 1.82) is 0 Å². The maximum absolute atomic E-state index is 12.3. The first kappa shape index (κ1) is 18.4. The van der Waals surface area contributed by atoms with Gasteiger partial charge in [0.15, 0.2) is 0 Å². The third kappa shape index (κ3) is 4.43. The van der Waals surface area contributed by atoms with E-state index in [0.717, 1.165) is 11.1 Å². The van der Waals surface area contributed by atoms with Crippen molar-refractivity contribution in [2.45, 2.75) is 11.3 Å². The number of hydrogen-bond donors (Lipinski definition) is 2. The summed E-state index contributed by atoms with van der Waals surface area (Å²) in [5.74, 6) is 0.484. The summed E-state index contributed by atoms with van der Waals surface area (Å²) < 4.78 is 28.0. The third-order valence-electron chi connectivity index (χ3n) is 3.93. The number of hydrogen-bond acceptors (Lipinski definition) is 4. The first-order valence-electron chi connectivity index (χ1n) is 7.86. The molecule has 3 N–H and O–H groups in total. The van der Waals surface area contributed by atoms with Gasteiger partial charge < -0.3 is 10.1 Å². The number of amides is 1. The number of halogens is 1. The Hall–Kier alpha value is -2.35. The van der Waals surface area contributed by atoms with E-state index in [1.54, 1.807) is 36.4 Å². The molecule has 0 unspecified atom stereocenters. The van der Waals surface area contributed by atoms with Gasteiger partial charge in [0.25, 0.3) is 5.91 Å². The van der Waals surface area contributed by atoms with Crippen molar-refractivity contribution in [3.8, 4) is 5.75 Å². The predicted octanol–water partition coefficient (Wildman–Crippen LogP) is 2.12. The molecule has 8 heteroatoms. The van der Waals surface area contributed by atoms with Gasteiger partial charge in [-0.1, -0.05) is 23.7 Å². The van der Waals surface area contributed by atoms with E-state index in [1.165, 1.54) is 12.1 Å². The summed E-state index contributed by atoms with van der Waals surface area (Å²) in [5.41, 5.74) is 2.18. The maximum Gasteiger partial charge on any atom is 0.250 e. The number of benzene rings is 2. The Balaban J connectivity index is 1.58. The first-order chi connectivity index (χ1) is 12.3. The van der Waals surface area contributed by atoms with E-state index in [1.807, 2.05) is 0 Å². The highest BCUT2D eigenvalue weighted by Gasteiger charge is 2.17. The van der Waals surface area contributed by atoms with Gasteiger partial charge >= 0.3 is 0 Å². The summed E-state index contributed by atoms with van der Waals surface area (Å²) >= 11 is 5.96. The summed E-state index contributed by atoms with van der Waals surface area (Å²) in [6, 6.07) is 11.5. The SMILES string of the molecule is NS(=O)(=O)c1ccc(CCNC(=O)C2=Cc3cc(Cl)ccc3OC2)cc1. The smallest absolute Gasteiger partial charge is 0.250 e. The van der Waals surface area contributed by atoms with Crippen molar-refractivity contribution in [2.75, 3.05) is 13.2 Å². The molecule has 0 saturated carbocycles. The molecule has 1 amide bonds. The lowest BCUT2D eigenvalue weighted by Gasteiger charge is -2.17. The van der Waals surface area contributed by atoms with E-state index < -0.39 is 10.0 Å². The Morgan fingerprint density at radius 3 is 2.62 bits per heavy atom. The number of carbonyl (C=O) groups excluding carboxylic acids is 1. The van der Waals surface area contributed by atoms with E-state index in [2.05, 4.69) is 5.32 Å². The molecule has 0 atom stereocenters. The summed E-state index contributed by atoms with van der Waals surface area (Å²) in [6.07, 6.45) is 2.33. The number of primary sulfonamides is 1. The molecule has 0 saturated heterocycles. The molecule has 2 aromatic carbocycles. The molecule has 0 aliphatic carbocycles. The van der Waals surface area contributed by atoms with Crippen molar-refractivity contribution in [3.63, 3.8) is 0 Å². The fourth-order valence-corrected chi connectivity index (χ4v) is 3.26. The van der Waals surface area contributed by atoms with Crippen molar-refractivity contribution >= 4 is 33.6 Å². The first-order valence-corrected chi connectivity index (χ1v) is 9.78. The van der Waals surface area contributed by atoms with Crippen LogP contribution in [0.2, 0.25) is 5.02 Å². The molecule has 2 aromatic rings. The van der Waals surface area contributed by atoms with Crippen LogP contribution in [0.1, 0.15) is 11.1 Å². The topological polar surface area (TPSA) is 98.5 Å². The van der Waals surface area contributed by atoms with E-state index in [9.17, 15) is 13.2 Å². The van der Waals surface area contributed by atoms with Crippen LogP contribution < -0.4 is 15.2 Å². The Labute approximate surface area is 156 Å². The molecule has 136 valence electrons. The van der Waals surface area contributed by atoms with Crippen molar-refractivity contribution in [2.24, 2.45) is 5.14 Å². The van der Waals surface area contributed by atoms with Crippen LogP contribution in [0, 0.1) is 0 Å². The number of fused-ring (bicyclic) bond motifs is 1. The summed E-state index contributed by atoms with van der Waals surface area (Å²) in [5, 5.41) is 8.47. The standard InChI is InChI=1S/C18H17ClN2O4S/c19-15-3-6-17-13(10-15)9-14(11-25-17)18(22)21-8-7-12-1-4-16(5-2-12)26(20,23)24/h1-6,9-10H,7-8,11H2,(H,21,22)(H2,20,23,24). The van der Waals surface area contributed by atoms with Crippen LogP contribution in [0.15, 0.2) is 52.9 Å². The van der Waals surface area contributed by atoms with Gasteiger partial charge in [0.05, 0.1) is 10.5 Å². The lowest BCUT2D eigenvalue weighted by atomic mass is 10.1. The highest BCUT2D eigenvalue weighted by molar-refractivity contribution is 7.89. The fourth-order valence-electron chi connectivity index (χ4n) is 2.56. The summed E-state index contributed by atoms with van der Waals surface area (Å²) in [7, 11) is -3.70. The Morgan fingerprint density at radius 2 is 1.92 bits per heavy atom. The van der Waals surface area contributed by atoms with Gasteiger partial charge in [0, 0.05) is 17.1 Å². The highest BCUT2D eigenvalue weighted by atomic mass is 35.5. The summed E-state index contributed by atoms with van der Waals surface area (Å²) in [6.45, 7) is 0.608. The Bertz CT molecular complexity index is 969. The number of nitrogens with one attached hydrogen (secondary N) is 1. The minimum atomic E-state index is -3.70. The lowest BCUT2D eigenvalue weighted by Crippen LogP contribution is -2.30. The minimum absolute atomic E-state index is 0.0621. The van der Waals surface area contributed by atoms with Gasteiger partial charge in [0.1, 0.15) is 12.4 Å². The van der Waals surface area contributed by atoms with E-state index >= 15 is 0 Å². The number of sulfonamides is 1. The lowest BCUT2D eigenvalue weighted by molar-refractivity contribution is -0.117. The molecule has 6 nitrogen and oxygen atoms in total. The quantitative estimate of drug-likeness (QED) is 0.814. The average molecular weight is 393 g/mol. The van der Waals surface area contributed by atoms with Crippen molar-refractivity contribution in [1.82, 2.24) is 5.32 Å². The van der Waals surface area contributed by atoms with Crippen LogP contribution in [0.3, 0.4) is 0 Å². The molecule has 0 radical (unpaired) electrons. The average Bonchev–Trinajstić information content (AvgIpc) is 2.60. The van der Waals surface area contributed by atoms with Crippen LogP contribution >= 0.6 is 11.6 Å². The molecule has 0 aromatic heterocycles. The second-order valence-electron chi connectivity index (χ2n) is 5.84. The van der Waals surface area contributed by atoms with E-state index in [4.69, 9.17) is 21.5 Å². The van der Waals surface area contributed by atoms with E-state index in [-0.39, 0.29) is 17.4 Å². The van der Waals surface area contributed by atoms with Gasteiger partial charge in [-0.05, 0) is 48.4 Å². The molecule has 1 aliphatic heterocycles. The number of ether oxygens (including phenoxy) is 1. The Kier molecular flexibility index (Phi) is 5.31. The van der Waals surface area contributed by atoms with Crippen LogP contribution in [-0.2, 0) is 21.2 Å². The van der Waals surface area contributed by atoms with Crippen LogP contribution in [0.25, 0.3) is 6.08 Å². The van der Waals surface area contributed by atoms with Crippen molar-refractivity contribution in [3.05, 3.63) is 64.2 Å². The summed E-state index contributed by atoms with van der Waals surface area (Å²) in [4.78, 5) is 12.3. The zero-order valence-electron chi connectivity index (χ0n) is 13.7. The van der Waals surface area contributed by atoms with Crippen LogP contribution in [0.5, 0.6) is 5.75 Å². The molecule has 0 fully saturated rings. The van der Waals surface area contributed by atoms with Gasteiger partial charge in [-0.3, -0.25) is 4.79 Å². The second kappa shape index (κ2) is 7.49. The molecule has 1 aliphatic rings. The molecule has 0 bridgehead atoms. The van der Waals surface area contributed by atoms with Gasteiger partial charge in [0.2, 0.25) is 10.0 Å². The number of carbonyl (C=O) groups is 1. The molecule has 26 heavy (non-hydrogen) atoms. The zero-order valence-corrected chi connectivity index (χ0v) is 15.3. The zero-order chi connectivity index (χ0) is 18.7. The second-order valence-corrected chi connectivity index (χ2v) is 7.83. The molecular formula is C18H17ClN2O4S. The number of rotatable bonds is 5. The Morgan fingerprint density at radius 1 is 1.19 bits per heavy atom. The fraction of sp³-hybridized carbons (Fsp3) is 0.167. The minimum Gasteiger partial charge on any atom is -0.488 e. The van der Waals surface area contributed by atoms with Gasteiger partial charge in [-0.15, -0.1) is 0 Å². The molecule has 1 heterocycles. The van der Waals surface area contributed by atoms with Crippen molar-refractivity contribution < 1.29 is 17.9 Å². The highest BCUT2D eigenvalue weighted by Crippen LogP contribution is 2.28. The third-order valence-corrected chi connectivity index (χ3v) is 5.09. The van der Waals surface area contributed by atoms with Gasteiger partial charge in [-0.2, -0.15) is 0 Å². The molecular weight excluding hydrogens is 376 g/mol. The van der Waals surface area contributed by atoms with Gasteiger partial charge in [-0.25, -0.2) is 13.6 Å². The van der Waals surface area contributed by atoms with Crippen LogP contribution in [0.4, 0.5) is 0 Å².